The van der Waals surface area contributed by atoms with Crippen molar-refractivity contribution in [2.24, 2.45) is 0 Å². The van der Waals surface area contributed by atoms with Crippen molar-refractivity contribution in [2.45, 2.75) is 25.3 Å². The Labute approximate surface area is 77.5 Å². The Morgan fingerprint density at radius 3 is 2.54 bits per heavy atom. The van der Waals surface area contributed by atoms with E-state index in [1.807, 2.05) is 4.90 Å². The van der Waals surface area contributed by atoms with E-state index in [1.165, 1.54) is 0 Å². The van der Waals surface area contributed by atoms with Crippen molar-refractivity contribution < 1.29 is 9.59 Å². The normalized spacial score (nSPS) is 27.2. The summed E-state index contributed by atoms with van der Waals surface area (Å²) in [6.07, 6.45) is 3.71. The Balaban J connectivity index is 1.97. The molecule has 4 heteroatoms. The first-order valence-corrected chi connectivity index (χ1v) is 4.83. The quantitative estimate of drug-likeness (QED) is 0.557. The highest BCUT2D eigenvalue weighted by molar-refractivity contribution is 5.84. The summed E-state index contributed by atoms with van der Waals surface area (Å²) in [5.41, 5.74) is 0. The molecule has 2 rings (SSSR count). The number of likely N-dealkylation sites (tertiary alicyclic amines) is 2. The molecule has 1 atom stereocenters. The fourth-order valence-corrected chi connectivity index (χ4v) is 1.93. The number of hydrogen-bond donors (Lipinski definition) is 0. The summed E-state index contributed by atoms with van der Waals surface area (Å²) < 4.78 is 0. The van der Waals surface area contributed by atoms with Crippen molar-refractivity contribution in [3.05, 3.63) is 0 Å². The molecule has 2 amide bonds. The Kier molecular flexibility index (Phi) is 2.20. The van der Waals surface area contributed by atoms with Crippen LogP contribution in [-0.4, -0.2) is 47.8 Å². The second kappa shape index (κ2) is 3.36. The maximum atomic E-state index is 11.7. The Morgan fingerprint density at radius 2 is 2.00 bits per heavy atom. The third kappa shape index (κ3) is 1.41. The van der Waals surface area contributed by atoms with Crippen LogP contribution >= 0.6 is 0 Å². The summed E-state index contributed by atoms with van der Waals surface area (Å²) in [7, 11) is 0. The molecule has 0 aromatic heterocycles. The van der Waals surface area contributed by atoms with Crippen molar-refractivity contribution in [1.29, 1.82) is 0 Å². The molecule has 0 aliphatic carbocycles. The zero-order chi connectivity index (χ0) is 9.26. The lowest BCUT2D eigenvalue weighted by molar-refractivity contribution is -0.142. The van der Waals surface area contributed by atoms with Crippen molar-refractivity contribution in [3.8, 4) is 0 Å². The van der Waals surface area contributed by atoms with Gasteiger partial charge in [0.2, 0.25) is 12.3 Å². The van der Waals surface area contributed by atoms with Gasteiger partial charge in [0.05, 0.1) is 0 Å². The van der Waals surface area contributed by atoms with Crippen LogP contribution in [0.3, 0.4) is 0 Å². The van der Waals surface area contributed by atoms with Crippen LogP contribution in [-0.2, 0) is 9.59 Å². The first-order valence-electron chi connectivity index (χ1n) is 4.83. The molecule has 0 radical (unpaired) electrons. The predicted molar refractivity (Wildman–Crippen MR) is 47.0 cm³/mol. The number of hydrogen-bond acceptors (Lipinski definition) is 2. The molecule has 0 spiro atoms. The second-order valence-electron chi connectivity index (χ2n) is 3.68. The first-order chi connectivity index (χ1) is 6.33. The van der Waals surface area contributed by atoms with Gasteiger partial charge < -0.3 is 9.80 Å². The molecule has 2 fully saturated rings. The zero-order valence-corrected chi connectivity index (χ0v) is 7.61. The summed E-state index contributed by atoms with van der Waals surface area (Å²) in [5, 5.41) is 0. The highest BCUT2D eigenvalue weighted by atomic mass is 16.2. The van der Waals surface area contributed by atoms with Gasteiger partial charge in [0.25, 0.3) is 0 Å². The van der Waals surface area contributed by atoms with Gasteiger partial charge in [-0.1, -0.05) is 0 Å². The minimum atomic E-state index is -0.155. The summed E-state index contributed by atoms with van der Waals surface area (Å²) in [6, 6.07) is -0.155. The van der Waals surface area contributed by atoms with Gasteiger partial charge in [0, 0.05) is 19.6 Å². The van der Waals surface area contributed by atoms with E-state index in [0.29, 0.717) is 0 Å². The molecule has 0 aromatic rings. The fraction of sp³-hybridized carbons (Fsp3) is 0.778. The minimum Gasteiger partial charge on any atom is -0.341 e. The van der Waals surface area contributed by atoms with Gasteiger partial charge in [0.15, 0.2) is 0 Å². The number of rotatable bonds is 2. The smallest absolute Gasteiger partial charge is 0.245 e. The molecule has 0 saturated carbocycles. The SMILES string of the molecule is O=CN1CCCC1C(=O)N1CCC1. The highest BCUT2D eigenvalue weighted by Crippen LogP contribution is 2.19. The van der Waals surface area contributed by atoms with Gasteiger partial charge >= 0.3 is 0 Å². The molecule has 4 nitrogen and oxygen atoms in total. The predicted octanol–water partition coefficient (Wildman–Crippen LogP) is -0.161. The molecule has 13 heavy (non-hydrogen) atoms. The molecule has 0 aromatic carbocycles. The fourth-order valence-electron chi connectivity index (χ4n) is 1.93. The van der Waals surface area contributed by atoms with Gasteiger partial charge in [-0.15, -0.1) is 0 Å². The third-order valence-corrected chi connectivity index (χ3v) is 2.88. The standard InChI is InChI=1S/C9H14N2O2/c12-7-11-4-1-3-8(11)9(13)10-5-2-6-10/h7-8H,1-6H2. The maximum Gasteiger partial charge on any atom is 0.245 e. The summed E-state index contributed by atoms with van der Waals surface area (Å²) in [6.45, 7) is 2.50. The Hall–Kier alpha value is -1.06. The summed E-state index contributed by atoms with van der Waals surface area (Å²) in [5.74, 6) is 0.149. The van der Waals surface area contributed by atoms with Crippen molar-refractivity contribution in [3.63, 3.8) is 0 Å². The molecule has 2 saturated heterocycles. The average Bonchev–Trinajstić information content (AvgIpc) is 2.47. The van der Waals surface area contributed by atoms with Crippen LogP contribution in [0.5, 0.6) is 0 Å². The molecule has 1 unspecified atom stereocenters. The average molecular weight is 182 g/mol. The van der Waals surface area contributed by atoms with Crippen LogP contribution < -0.4 is 0 Å². The van der Waals surface area contributed by atoms with Crippen LogP contribution in [0.2, 0.25) is 0 Å². The topological polar surface area (TPSA) is 40.6 Å². The lowest BCUT2D eigenvalue weighted by atomic mass is 10.1. The van der Waals surface area contributed by atoms with Crippen LogP contribution in [0.25, 0.3) is 0 Å². The second-order valence-corrected chi connectivity index (χ2v) is 3.68. The van der Waals surface area contributed by atoms with E-state index in [4.69, 9.17) is 0 Å². The van der Waals surface area contributed by atoms with E-state index < -0.39 is 0 Å². The third-order valence-electron chi connectivity index (χ3n) is 2.88. The Bertz CT molecular complexity index is 226. The Morgan fingerprint density at radius 1 is 1.23 bits per heavy atom. The molecular weight excluding hydrogens is 168 g/mol. The molecule has 2 aliphatic heterocycles. The molecule has 72 valence electrons. The van der Waals surface area contributed by atoms with E-state index in [0.717, 1.165) is 45.3 Å². The van der Waals surface area contributed by atoms with E-state index in [9.17, 15) is 9.59 Å². The number of nitrogens with zero attached hydrogens (tertiary/aromatic N) is 2. The molecule has 2 aliphatic rings. The van der Waals surface area contributed by atoms with Gasteiger partial charge in [0.1, 0.15) is 6.04 Å². The van der Waals surface area contributed by atoms with Crippen molar-refractivity contribution in [2.75, 3.05) is 19.6 Å². The largest absolute Gasteiger partial charge is 0.341 e. The first kappa shape index (κ1) is 8.53. The zero-order valence-electron chi connectivity index (χ0n) is 7.61. The monoisotopic (exact) mass is 182 g/mol. The van der Waals surface area contributed by atoms with Crippen LogP contribution in [0.15, 0.2) is 0 Å². The van der Waals surface area contributed by atoms with Crippen molar-refractivity contribution >= 4 is 12.3 Å². The van der Waals surface area contributed by atoms with E-state index in [-0.39, 0.29) is 11.9 Å². The number of amides is 2. The molecule has 0 bridgehead atoms. The molecule has 2 heterocycles. The van der Waals surface area contributed by atoms with Gasteiger partial charge in [-0.3, -0.25) is 9.59 Å². The van der Waals surface area contributed by atoms with Crippen LogP contribution in [0, 0.1) is 0 Å². The van der Waals surface area contributed by atoms with Crippen molar-refractivity contribution in [1.82, 2.24) is 9.80 Å². The van der Waals surface area contributed by atoms with Crippen LogP contribution in [0.1, 0.15) is 19.3 Å². The van der Waals surface area contributed by atoms with E-state index >= 15 is 0 Å². The van der Waals surface area contributed by atoms with Gasteiger partial charge in [-0.25, -0.2) is 0 Å². The number of carbonyl (C=O) groups is 2. The minimum absolute atomic E-state index is 0.149. The van der Waals surface area contributed by atoms with E-state index in [2.05, 4.69) is 0 Å². The van der Waals surface area contributed by atoms with E-state index in [1.54, 1.807) is 4.90 Å². The molecule has 0 N–H and O–H groups in total. The lowest BCUT2D eigenvalue weighted by Gasteiger charge is -2.34. The summed E-state index contributed by atoms with van der Waals surface area (Å²) in [4.78, 5) is 25.8. The van der Waals surface area contributed by atoms with Gasteiger partial charge in [-0.05, 0) is 19.3 Å². The maximum absolute atomic E-state index is 11.7. The van der Waals surface area contributed by atoms with Crippen LogP contribution in [0.4, 0.5) is 0 Å². The highest BCUT2D eigenvalue weighted by Gasteiger charge is 2.34. The summed E-state index contributed by atoms with van der Waals surface area (Å²) >= 11 is 0. The lowest BCUT2D eigenvalue weighted by Crippen LogP contribution is -2.50. The molecular formula is C9H14N2O2. The van der Waals surface area contributed by atoms with Gasteiger partial charge in [-0.2, -0.15) is 0 Å². The number of carbonyl (C=O) groups excluding carboxylic acids is 2.